The van der Waals surface area contributed by atoms with E-state index in [1.807, 2.05) is 13.2 Å². The average molecular weight is 212 g/mol. The maximum atomic E-state index is 5.75. The van der Waals surface area contributed by atoms with Crippen LogP contribution >= 0.6 is 11.3 Å². The lowest BCUT2D eigenvalue weighted by Crippen LogP contribution is -2.19. The lowest BCUT2D eigenvalue weighted by Gasteiger charge is -2.19. The van der Waals surface area contributed by atoms with Gasteiger partial charge in [-0.1, -0.05) is 0 Å². The van der Waals surface area contributed by atoms with E-state index in [1.165, 1.54) is 4.88 Å². The second kappa shape index (κ2) is 3.96. The number of rotatable bonds is 3. The summed E-state index contributed by atoms with van der Waals surface area (Å²) in [5.74, 6) is 0. The molecule has 3 nitrogen and oxygen atoms in total. The van der Waals surface area contributed by atoms with E-state index in [0.717, 1.165) is 31.0 Å². The molecule has 14 heavy (non-hydrogen) atoms. The molecule has 4 heteroatoms. The van der Waals surface area contributed by atoms with Gasteiger partial charge in [-0.25, -0.2) is 4.98 Å². The van der Waals surface area contributed by atoms with Gasteiger partial charge in [0.25, 0.3) is 0 Å². The highest BCUT2D eigenvalue weighted by Gasteiger charge is 2.34. The summed E-state index contributed by atoms with van der Waals surface area (Å²) >= 11 is 1.75. The van der Waals surface area contributed by atoms with Gasteiger partial charge in [0.15, 0.2) is 0 Å². The number of ether oxygens (including phenoxy) is 1. The molecule has 0 aromatic carbocycles. The first-order chi connectivity index (χ1) is 6.74. The zero-order valence-corrected chi connectivity index (χ0v) is 9.49. The Balaban J connectivity index is 2.15. The van der Waals surface area contributed by atoms with Crippen molar-refractivity contribution in [1.29, 1.82) is 0 Å². The topological polar surface area (TPSA) is 34.2 Å². The SMILES string of the molecule is CNCc1cnc(C2(C)CCCO2)s1. The molecule has 0 bridgehead atoms. The largest absolute Gasteiger partial charge is 0.368 e. The van der Waals surface area contributed by atoms with E-state index in [9.17, 15) is 0 Å². The van der Waals surface area contributed by atoms with E-state index in [4.69, 9.17) is 4.74 Å². The van der Waals surface area contributed by atoms with Crippen LogP contribution in [0.25, 0.3) is 0 Å². The van der Waals surface area contributed by atoms with E-state index >= 15 is 0 Å². The molecule has 0 radical (unpaired) electrons. The van der Waals surface area contributed by atoms with Crippen molar-refractivity contribution in [2.45, 2.75) is 31.9 Å². The summed E-state index contributed by atoms with van der Waals surface area (Å²) in [6, 6.07) is 0. The van der Waals surface area contributed by atoms with Crippen LogP contribution in [0.4, 0.5) is 0 Å². The Hall–Kier alpha value is -0.450. The Morgan fingerprint density at radius 3 is 3.21 bits per heavy atom. The van der Waals surface area contributed by atoms with Crippen LogP contribution < -0.4 is 5.32 Å². The molecule has 1 unspecified atom stereocenters. The molecule has 0 amide bonds. The minimum atomic E-state index is -0.114. The first-order valence-corrected chi connectivity index (χ1v) is 5.80. The van der Waals surface area contributed by atoms with Gasteiger partial charge in [-0.05, 0) is 26.8 Å². The molecule has 1 aliphatic heterocycles. The molecule has 1 fully saturated rings. The van der Waals surface area contributed by atoms with Crippen LogP contribution in [0, 0.1) is 0 Å². The molecular formula is C10H16N2OS. The van der Waals surface area contributed by atoms with Crippen LogP contribution in [0.5, 0.6) is 0 Å². The Labute approximate surface area is 88.5 Å². The van der Waals surface area contributed by atoms with Gasteiger partial charge in [0.1, 0.15) is 10.6 Å². The number of nitrogens with zero attached hydrogens (tertiary/aromatic N) is 1. The fraction of sp³-hybridized carbons (Fsp3) is 0.700. The third-order valence-electron chi connectivity index (χ3n) is 2.58. The second-order valence-electron chi connectivity index (χ2n) is 3.84. The summed E-state index contributed by atoms with van der Waals surface area (Å²) < 4.78 is 5.75. The molecule has 0 saturated carbocycles. The fourth-order valence-electron chi connectivity index (χ4n) is 1.76. The molecule has 1 saturated heterocycles. The maximum absolute atomic E-state index is 5.75. The number of nitrogens with one attached hydrogen (secondary N) is 1. The van der Waals surface area contributed by atoms with Crippen molar-refractivity contribution >= 4 is 11.3 Å². The zero-order valence-electron chi connectivity index (χ0n) is 8.67. The van der Waals surface area contributed by atoms with Crippen molar-refractivity contribution in [3.05, 3.63) is 16.1 Å². The Kier molecular flexibility index (Phi) is 2.85. The molecular weight excluding hydrogens is 196 g/mol. The molecule has 2 heterocycles. The van der Waals surface area contributed by atoms with Crippen molar-refractivity contribution in [3.63, 3.8) is 0 Å². The monoisotopic (exact) mass is 212 g/mol. The molecule has 0 spiro atoms. The summed E-state index contributed by atoms with van der Waals surface area (Å²) in [5.41, 5.74) is -0.114. The first-order valence-electron chi connectivity index (χ1n) is 4.98. The molecule has 1 aromatic heterocycles. The highest BCUT2D eigenvalue weighted by atomic mass is 32.1. The lowest BCUT2D eigenvalue weighted by atomic mass is 10.0. The summed E-state index contributed by atoms with van der Waals surface area (Å²) in [6.07, 6.45) is 4.19. The minimum absolute atomic E-state index is 0.114. The van der Waals surface area contributed by atoms with Crippen molar-refractivity contribution < 1.29 is 4.74 Å². The van der Waals surface area contributed by atoms with Gasteiger partial charge in [-0.2, -0.15) is 0 Å². The highest BCUT2D eigenvalue weighted by Crippen LogP contribution is 2.37. The molecule has 1 N–H and O–H groups in total. The Bertz CT molecular complexity index is 305. The van der Waals surface area contributed by atoms with Gasteiger partial charge in [0.05, 0.1) is 0 Å². The Morgan fingerprint density at radius 2 is 2.57 bits per heavy atom. The van der Waals surface area contributed by atoms with E-state index in [0.29, 0.717) is 0 Å². The normalized spacial score (nSPS) is 27.0. The smallest absolute Gasteiger partial charge is 0.125 e. The Morgan fingerprint density at radius 1 is 1.71 bits per heavy atom. The summed E-state index contributed by atoms with van der Waals surface area (Å²) in [6.45, 7) is 3.91. The number of aromatic nitrogens is 1. The average Bonchev–Trinajstić information content (AvgIpc) is 2.75. The summed E-state index contributed by atoms with van der Waals surface area (Å²) in [7, 11) is 1.95. The third-order valence-corrected chi connectivity index (χ3v) is 3.82. The van der Waals surface area contributed by atoms with Gasteiger partial charge in [-0.3, -0.25) is 0 Å². The molecule has 1 aromatic rings. The first kappa shape index (κ1) is 10.1. The van der Waals surface area contributed by atoms with Crippen molar-refractivity contribution in [1.82, 2.24) is 10.3 Å². The van der Waals surface area contributed by atoms with Gasteiger partial charge in [-0.15, -0.1) is 11.3 Å². The van der Waals surface area contributed by atoms with E-state index in [1.54, 1.807) is 11.3 Å². The minimum Gasteiger partial charge on any atom is -0.368 e. The van der Waals surface area contributed by atoms with Gasteiger partial charge in [0.2, 0.25) is 0 Å². The third kappa shape index (κ3) is 1.82. The van der Waals surface area contributed by atoms with Crippen LogP contribution in [0.3, 0.4) is 0 Å². The predicted molar refractivity (Wildman–Crippen MR) is 57.4 cm³/mol. The lowest BCUT2D eigenvalue weighted by molar-refractivity contribution is 0.0166. The van der Waals surface area contributed by atoms with Crippen LogP contribution in [-0.2, 0) is 16.9 Å². The molecule has 1 atom stereocenters. The van der Waals surface area contributed by atoms with E-state index in [-0.39, 0.29) is 5.60 Å². The van der Waals surface area contributed by atoms with E-state index in [2.05, 4.69) is 17.2 Å². The van der Waals surface area contributed by atoms with Crippen LogP contribution in [0.1, 0.15) is 29.7 Å². The standard InChI is InChI=1S/C10H16N2OS/c1-10(4-3-5-13-10)9-12-7-8(14-9)6-11-2/h7,11H,3-6H2,1-2H3. The van der Waals surface area contributed by atoms with Crippen molar-refractivity contribution in [3.8, 4) is 0 Å². The molecule has 1 aliphatic rings. The quantitative estimate of drug-likeness (QED) is 0.830. The van der Waals surface area contributed by atoms with Crippen molar-refractivity contribution in [2.24, 2.45) is 0 Å². The molecule has 2 rings (SSSR count). The van der Waals surface area contributed by atoms with Gasteiger partial charge >= 0.3 is 0 Å². The van der Waals surface area contributed by atoms with Gasteiger partial charge < -0.3 is 10.1 Å². The predicted octanol–water partition coefficient (Wildman–Crippen LogP) is 1.89. The maximum Gasteiger partial charge on any atom is 0.125 e. The van der Waals surface area contributed by atoms with Crippen molar-refractivity contribution in [2.75, 3.05) is 13.7 Å². The molecule has 0 aliphatic carbocycles. The van der Waals surface area contributed by atoms with Crippen LogP contribution in [-0.4, -0.2) is 18.6 Å². The van der Waals surface area contributed by atoms with Gasteiger partial charge in [0, 0.05) is 24.2 Å². The highest BCUT2D eigenvalue weighted by molar-refractivity contribution is 7.11. The number of thiazole rings is 1. The molecule has 78 valence electrons. The van der Waals surface area contributed by atoms with Crippen LogP contribution in [0.2, 0.25) is 0 Å². The summed E-state index contributed by atoms with van der Waals surface area (Å²) in [4.78, 5) is 5.72. The van der Waals surface area contributed by atoms with E-state index < -0.39 is 0 Å². The summed E-state index contributed by atoms with van der Waals surface area (Å²) in [5, 5.41) is 4.26. The van der Waals surface area contributed by atoms with Crippen LogP contribution in [0.15, 0.2) is 6.20 Å². The zero-order chi connectivity index (χ0) is 10.0. The number of hydrogen-bond acceptors (Lipinski definition) is 4. The number of hydrogen-bond donors (Lipinski definition) is 1. The fourth-order valence-corrected chi connectivity index (χ4v) is 2.81. The second-order valence-corrected chi connectivity index (χ2v) is 4.96.